The van der Waals surface area contributed by atoms with Gasteiger partial charge in [-0.05, 0) is 45.0 Å². The molecule has 1 aliphatic rings. The van der Waals surface area contributed by atoms with Gasteiger partial charge in [0, 0.05) is 26.7 Å². The highest BCUT2D eigenvalue weighted by Crippen LogP contribution is 2.21. The lowest BCUT2D eigenvalue weighted by atomic mass is 9.97. The molecule has 7 nitrogen and oxygen atoms in total. The maximum Gasteiger partial charge on any atom is 0.309 e. The lowest BCUT2D eigenvalue weighted by Gasteiger charge is -2.35. The van der Waals surface area contributed by atoms with Gasteiger partial charge in [0.25, 0.3) is 0 Å². The number of likely N-dealkylation sites (N-methyl/N-ethyl adjacent to an activating group) is 1. The zero-order valence-corrected chi connectivity index (χ0v) is 19.8. The Morgan fingerprint density at radius 2 is 2.04 bits per heavy atom. The molecule has 0 amide bonds. The molecule has 1 fully saturated rings. The summed E-state index contributed by atoms with van der Waals surface area (Å²) in [5.74, 6) is 1.77. The number of nitrogens with zero attached hydrogens (tertiary/aromatic N) is 3. The van der Waals surface area contributed by atoms with Crippen molar-refractivity contribution in [1.29, 1.82) is 0 Å². The Hall–Kier alpha value is -1.29. The fourth-order valence-corrected chi connectivity index (χ4v) is 3.66. The van der Waals surface area contributed by atoms with Crippen molar-refractivity contribution >= 4 is 35.9 Å². The van der Waals surface area contributed by atoms with Gasteiger partial charge in [0.15, 0.2) is 5.96 Å². The van der Waals surface area contributed by atoms with Crippen molar-refractivity contribution in [2.24, 2.45) is 10.9 Å². The van der Waals surface area contributed by atoms with Gasteiger partial charge in [0.2, 0.25) is 0 Å². The van der Waals surface area contributed by atoms with Gasteiger partial charge >= 0.3 is 5.97 Å². The van der Waals surface area contributed by atoms with Gasteiger partial charge in [0.05, 0.1) is 24.8 Å². The van der Waals surface area contributed by atoms with Gasteiger partial charge in [-0.3, -0.25) is 14.7 Å². The Morgan fingerprint density at radius 1 is 1.36 bits per heavy atom. The third-order valence-electron chi connectivity index (χ3n) is 5.20. The second-order valence-electron chi connectivity index (χ2n) is 6.69. The maximum atomic E-state index is 11.9. The van der Waals surface area contributed by atoms with E-state index in [1.165, 1.54) is 0 Å². The molecule has 2 rings (SSSR count). The van der Waals surface area contributed by atoms with Gasteiger partial charge in [-0.1, -0.05) is 13.8 Å². The predicted octanol–water partition coefficient (Wildman–Crippen LogP) is 3.13. The van der Waals surface area contributed by atoms with E-state index in [9.17, 15) is 4.79 Å². The maximum absolute atomic E-state index is 11.9. The molecule has 0 saturated carbocycles. The first-order valence-electron chi connectivity index (χ1n) is 10.0. The van der Waals surface area contributed by atoms with Crippen LogP contribution < -0.4 is 5.32 Å². The minimum Gasteiger partial charge on any atom is -0.468 e. The Kier molecular flexibility index (Phi) is 11.5. The Labute approximate surface area is 185 Å². The van der Waals surface area contributed by atoms with Crippen LogP contribution in [0.1, 0.15) is 45.4 Å². The number of carbonyl (C=O) groups is 1. The molecule has 1 aliphatic heterocycles. The fourth-order valence-electron chi connectivity index (χ4n) is 3.66. The van der Waals surface area contributed by atoms with Crippen LogP contribution in [0.3, 0.4) is 0 Å². The van der Waals surface area contributed by atoms with Gasteiger partial charge < -0.3 is 19.4 Å². The summed E-state index contributed by atoms with van der Waals surface area (Å²) in [4.78, 5) is 21.0. The van der Waals surface area contributed by atoms with Gasteiger partial charge in [0.1, 0.15) is 5.76 Å². The Balaban J connectivity index is 0.00000392. The van der Waals surface area contributed by atoms with E-state index in [4.69, 9.17) is 9.15 Å². The Morgan fingerprint density at radius 3 is 2.54 bits per heavy atom. The van der Waals surface area contributed by atoms with E-state index in [-0.39, 0.29) is 41.9 Å². The summed E-state index contributed by atoms with van der Waals surface area (Å²) >= 11 is 0. The van der Waals surface area contributed by atoms with E-state index >= 15 is 0 Å². The standard InChI is InChI=1S/C20H34N4O3.HI/c1-5-23(6-2)17(18-9-8-14-27-18)15-22-20(21-4)24-12-10-16(11-13-24)19(25)26-7-3;/h8-9,14,16-17H,5-7,10-13,15H2,1-4H3,(H,21,22);1H. The molecule has 28 heavy (non-hydrogen) atoms. The number of guanidine groups is 1. The van der Waals surface area contributed by atoms with E-state index in [2.05, 4.69) is 34.0 Å². The highest BCUT2D eigenvalue weighted by Gasteiger charge is 2.28. The summed E-state index contributed by atoms with van der Waals surface area (Å²) in [6.07, 6.45) is 3.33. The van der Waals surface area contributed by atoms with Crippen LogP contribution in [0.5, 0.6) is 0 Å². The topological polar surface area (TPSA) is 70.3 Å². The van der Waals surface area contributed by atoms with Crippen molar-refractivity contribution < 1.29 is 13.9 Å². The van der Waals surface area contributed by atoms with E-state index in [1.807, 2.05) is 19.1 Å². The number of halogens is 1. The molecule has 160 valence electrons. The monoisotopic (exact) mass is 506 g/mol. The van der Waals surface area contributed by atoms with Gasteiger partial charge in [-0.2, -0.15) is 0 Å². The largest absolute Gasteiger partial charge is 0.468 e. The van der Waals surface area contributed by atoms with Crippen molar-refractivity contribution in [2.45, 2.75) is 39.7 Å². The molecular weight excluding hydrogens is 471 g/mol. The van der Waals surface area contributed by atoms with Crippen LogP contribution >= 0.6 is 24.0 Å². The van der Waals surface area contributed by atoms with Gasteiger partial charge in [-0.15, -0.1) is 24.0 Å². The molecule has 0 aromatic carbocycles. The molecule has 0 aliphatic carbocycles. The first-order chi connectivity index (χ1) is 13.1. The summed E-state index contributed by atoms with van der Waals surface area (Å²) in [6, 6.07) is 4.11. The third-order valence-corrected chi connectivity index (χ3v) is 5.20. The number of rotatable bonds is 8. The average Bonchev–Trinajstić information content (AvgIpc) is 3.23. The highest BCUT2D eigenvalue weighted by atomic mass is 127. The second-order valence-corrected chi connectivity index (χ2v) is 6.69. The number of carbonyl (C=O) groups excluding carboxylic acids is 1. The number of aliphatic imine (C=N–C) groups is 1. The molecule has 1 aromatic rings. The third kappa shape index (κ3) is 6.65. The number of esters is 1. The van der Waals surface area contributed by atoms with Crippen molar-refractivity contribution in [3.8, 4) is 0 Å². The fraction of sp³-hybridized carbons (Fsp3) is 0.700. The van der Waals surface area contributed by atoms with E-state index in [0.29, 0.717) is 6.61 Å². The molecule has 1 saturated heterocycles. The van der Waals surface area contributed by atoms with Crippen LogP contribution in [-0.4, -0.2) is 68.1 Å². The van der Waals surface area contributed by atoms with Crippen LogP contribution in [0.25, 0.3) is 0 Å². The van der Waals surface area contributed by atoms with Crippen LogP contribution in [0, 0.1) is 5.92 Å². The zero-order chi connectivity index (χ0) is 19.6. The normalized spacial score (nSPS) is 16.6. The van der Waals surface area contributed by atoms with Crippen LogP contribution in [-0.2, 0) is 9.53 Å². The molecule has 2 heterocycles. The molecule has 8 heteroatoms. The van der Waals surface area contributed by atoms with Crippen molar-refractivity contribution in [1.82, 2.24) is 15.1 Å². The number of ether oxygens (including phenoxy) is 1. The first-order valence-corrected chi connectivity index (χ1v) is 10.0. The lowest BCUT2D eigenvalue weighted by molar-refractivity contribution is -0.149. The summed E-state index contributed by atoms with van der Waals surface area (Å²) in [5, 5.41) is 3.50. The molecule has 1 aromatic heterocycles. The smallest absolute Gasteiger partial charge is 0.309 e. The molecular formula is C20H35IN4O3. The minimum absolute atomic E-state index is 0. The molecule has 1 N–H and O–H groups in total. The summed E-state index contributed by atoms with van der Waals surface area (Å²) < 4.78 is 10.8. The molecule has 0 bridgehead atoms. The SMILES string of the molecule is CCOC(=O)C1CCN(C(=NC)NCC(c2ccco2)N(CC)CC)CC1.I. The van der Waals surface area contributed by atoms with Crippen molar-refractivity contribution in [3.05, 3.63) is 24.2 Å². The summed E-state index contributed by atoms with van der Waals surface area (Å²) in [6.45, 7) is 10.9. The number of hydrogen-bond acceptors (Lipinski definition) is 5. The lowest BCUT2D eigenvalue weighted by Crippen LogP contribution is -2.48. The molecule has 0 spiro atoms. The van der Waals surface area contributed by atoms with Crippen molar-refractivity contribution in [2.75, 3.05) is 46.4 Å². The average molecular weight is 506 g/mol. The number of likely N-dealkylation sites (tertiary alicyclic amines) is 1. The van der Waals surface area contributed by atoms with Crippen LogP contribution in [0.4, 0.5) is 0 Å². The van der Waals surface area contributed by atoms with E-state index < -0.39 is 0 Å². The Bertz CT molecular complexity index is 582. The number of piperidine rings is 1. The van der Waals surface area contributed by atoms with E-state index in [0.717, 1.165) is 57.3 Å². The summed E-state index contributed by atoms with van der Waals surface area (Å²) in [5.41, 5.74) is 0. The molecule has 0 radical (unpaired) electrons. The van der Waals surface area contributed by atoms with E-state index in [1.54, 1.807) is 13.3 Å². The molecule has 1 unspecified atom stereocenters. The van der Waals surface area contributed by atoms with Crippen LogP contribution in [0.15, 0.2) is 27.8 Å². The van der Waals surface area contributed by atoms with Crippen LogP contribution in [0.2, 0.25) is 0 Å². The second kappa shape index (κ2) is 13.0. The number of furan rings is 1. The number of hydrogen-bond donors (Lipinski definition) is 1. The zero-order valence-electron chi connectivity index (χ0n) is 17.5. The highest BCUT2D eigenvalue weighted by molar-refractivity contribution is 14.0. The first kappa shape index (κ1) is 24.7. The number of nitrogens with one attached hydrogen (secondary N) is 1. The quantitative estimate of drug-likeness (QED) is 0.253. The molecule has 1 atom stereocenters. The summed E-state index contributed by atoms with van der Waals surface area (Å²) in [7, 11) is 1.80. The van der Waals surface area contributed by atoms with Gasteiger partial charge in [-0.25, -0.2) is 0 Å². The predicted molar refractivity (Wildman–Crippen MR) is 122 cm³/mol. The minimum atomic E-state index is -0.0699. The van der Waals surface area contributed by atoms with Crippen molar-refractivity contribution in [3.63, 3.8) is 0 Å².